The number of nitrogens with zero attached hydrogens (tertiary/aromatic N) is 2. The van der Waals surface area contributed by atoms with Crippen LogP contribution in [0.2, 0.25) is 0 Å². The first kappa shape index (κ1) is 15.7. The molecule has 0 amide bonds. The molecule has 0 aliphatic rings. The number of rotatable bonds is 6. The zero-order valence-electron chi connectivity index (χ0n) is 11.7. The van der Waals surface area contributed by atoms with E-state index >= 15 is 0 Å². The highest BCUT2D eigenvalue weighted by atomic mass is 32.2. The molecule has 0 unspecified atom stereocenters. The van der Waals surface area contributed by atoms with Gasteiger partial charge < -0.3 is 0 Å². The Hall–Kier alpha value is -1.38. The predicted molar refractivity (Wildman–Crippen MR) is 75.2 cm³/mol. The Kier molecular flexibility index (Phi) is 5.52. The Labute approximate surface area is 115 Å². The summed E-state index contributed by atoms with van der Waals surface area (Å²) in [6.07, 6.45) is 1.79. The van der Waals surface area contributed by atoms with Crippen molar-refractivity contribution in [1.82, 2.24) is 4.31 Å². The van der Waals surface area contributed by atoms with Gasteiger partial charge in [0, 0.05) is 13.1 Å². The molecule has 4 nitrogen and oxygen atoms in total. The highest BCUT2D eigenvalue weighted by molar-refractivity contribution is 7.89. The van der Waals surface area contributed by atoms with E-state index in [9.17, 15) is 8.42 Å². The maximum atomic E-state index is 12.6. The lowest BCUT2D eigenvalue weighted by Crippen LogP contribution is -2.32. The van der Waals surface area contributed by atoms with Gasteiger partial charge in [-0.3, -0.25) is 0 Å². The molecular weight excluding hydrogens is 260 g/mol. The van der Waals surface area contributed by atoms with Crippen LogP contribution in [0.25, 0.3) is 0 Å². The first-order valence-corrected chi connectivity index (χ1v) is 7.92. The standard InChI is InChI=1S/C14H20N2O2S/c1-4-6-9-16(5-2)19(17,18)14-10-13(11-15)8-7-12(14)3/h7-8,10H,4-6,9H2,1-3H3. The number of hydrogen-bond donors (Lipinski definition) is 0. The van der Waals surface area contributed by atoms with E-state index in [2.05, 4.69) is 0 Å². The van der Waals surface area contributed by atoms with Crippen LogP contribution < -0.4 is 0 Å². The number of nitriles is 1. The van der Waals surface area contributed by atoms with Crippen LogP contribution in [0.1, 0.15) is 37.8 Å². The second-order valence-corrected chi connectivity index (χ2v) is 6.35. The molecule has 19 heavy (non-hydrogen) atoms. The smallest absolute Gasteiger partial charge is 0.207 e. The average Bonchev–Trinajstić information content (AvgIpc) is 2.39. The van der Waals surface area contributed by atoms with Crippen LogP contribution in [0.15, 0.2) is 23.1 Å². The summed E-state index contributed by atoms with van der Waals surface area (Å²) in [7, 11) is -3.50. The summed E-state index contributed by atoms with van der Waals surface area (Å²) in [6.45, 7) is 6.57. The van der Waals surface area contributed by atoms with Crippen molar-refractivity contribution in [3.63, 3.8) is 0 Å². The monoisotopic (exact) mass is 280 g/mol. The third kappa shape index (κ3) is 3.55. The molecule has 1 aromatic carbocycles. The van der Waals surface area contributed by atoms with Crippen LogP contribution >= 0.6 is 0 Å². The zero-order chi connectivity index (χ0) is 14.5. The van der Waals surface area contributed by atoms with Crippen molar-refractivity contribution in [3.05, 3.63) is 29.3 Å². The van der Waals surface area contributed by atoms with E-state index in [1.807, 2.05) is 19.9 Å². The molecule has 0 fully saturated rings. The summed E-state index contributed by atoms with van der Waals surface area (Å²) in [4.78, 5) is 0.240. The molecular formula is C14H20N2O2S. The highest BCUT2D eigenvalue weighted by Crippen LogP contribution is 2.21. The molecule has 0 saturated heterocycles. The van der Waals surface area contributed by atoms with Gasteiger partial charge >= 0.3 is 0 Å². The van der Waals surface area contributed by atoms with Crippen molar-refractivity contribution in [2.24, 2.45) is 0 Å². The van der Waals surface area contributed by atoms with Crippen LogP contribution in [0.5, 0.6) is 0 Å². The van der Waals surface area contributed by atoms with Gasteiger partial charge in [-0.15, -0.1) is 0 Å². The molecule has 0 spiro atoms. The molecule has 1 aromatic rings. The summed E-state index contributed by atoms with van der Waals surface area (Å²) in [5, 5.41) is 8.90. The van der Waals surface area contributed by atoms with Gasteiger partial charge in [0.15, 0.2) is 0 Å². The van der Waals surface area contributed by atoms with Crippen LogP contribution in [0.3, 0.4) is 0 Å². The second kappa shape index (κ2) is 6.69. The molecule has 0 N–H and O–H groups in total. The Morgan fingerprint density at radius 1 is 1.32 bits per heavy atom. The van der Waals surface area contributed by atoms with E-state index in [0.29, 0.717) is 24.2 Å². The number of aryl methyl sites for hydroxylation is 1. The molecule has 0 saturated carbocycles. The van der Waals surface area contributed by atoms with Gasteiger partial charge in [0.1, 0.15) is 0 Å². The first-order chi connectivity index (χ1) is 8.97. The molecule has 0 atom stereocenters. The normalized spacial score (nSPS) is 11.5. The zero-order valence-corrected chi connectivity index (χ0v) is 12.5. The van der Waals surface area contributed by atoms with Crippen molar-refractivity contribution in [1.29, 1.82) is 5.26 Å². The van der Waals surface area contributed by atoms with Gasteiger partial charge in [-0.05, 0) is 31.0 Å². The fourth-order valence-corrected chi connectivity index (χ4v) is 3.61. The minimum atomic E-state index is -3.50. The van der Waals surface area contributed by atoms with Crippen LogP contribution in [-0.2, 0) is 10.0 Å². The van der Waals surface area contributed by atoms with Crippen molar-refractivity contribution < 1.29 is 8.42 Å². The number of sulfonamides is 1. The number of unbranched alkanes of at least 4 members (excludes halogenated alkanes) is 1. The van der Waals surface area contributed by atoms with Crippen molar-refractivity contribution in [2.45, 2.75) is 38.5 Å². The van der Waals surface area contributed by atoms with E-state index in [1.54, 1.807) is 19.1 Å². The average molecular weight is 280 g/mol. The lowest BCUT2D eigenvalue weighted by molar-refractivity contribution is 0.418. The fraction of sp³-hybridized carbons (Fsp3) is 0.500. The summed E-state index contributed by atoms with van der Waals surface area (Å²) in [5.41, 5.74) is 1.05. The third-order valence-corrected chi connectivity index (χ3v) is 5.17. The van der Waals surface area contributed by atoms with Crippen molar-refractivity contribution in [3.8, 4) is 6.07 Å². The van der Waals surface area contributed by atoms with Gasteiger partial charge in [-0.25, -0.2) is 8.42 Å². The maximum absolute atomic E-state index is 12.6. The Balaban J connectivity index is 3.22. The van der Waals surface area contributed by atoms with Gasteiger partial charge in [0.05, 0.1) is 16.5 Å². The van der Waals surface area contributed by atoms with Gasteiger partial charge in [-0.2, -0.15) is 9.57 Å². The van der Waals surface area contributed by atoms with E-state index in [1.165, 1.54) is 10.4 Å². The Morgan fingerprint density at radius 3 is 2.53 bits per heavy atom. The van der Waals surface area contributed by atoms with Crippen molar-refractivity contribution in [2.75, 3.05) is 13.1 Å². The van der Waals surface area contributed by atoms with Gasteiger partial charge in [-0.1, -0.05) is 26.3 Å². The molecule has 0 aromatic heterocycles. The molecule has 0 aliphatic heterocycles. The van der Waals surface area contributed by atoms with E-state index in [-0.39, 0.29) is 4.90 Å². The second-order valence-electron chi connectivity index (χ2n) is 4.44. The number of hydrogen-bond acceptors (Lipinski definition) is 3. The third-order valence-electron chi connectivity index (χ3n) is 3.05. The largest absolute Gasteiger partial charge is 0.243 e. The topological polar surface area (TPSA) is 61.2 Å². The predicted octanol–water partition coefficient (Wildman–Crippen LogP) is 2.68. The summed E-state index contributed by atoms with van der Waals surface area (Å²) in [6, 6.07) is 6.76. The minimum absolute atomic E-state index is 0.240. The first-order valence-electron chi connectivity index (χ1n) is 6.48. The van der Waals surface area contributed by atoms with E-state index < -0.39 is 10.0 Å². The lowest BCUT2D eigenvalue weighted by Gasteiger charge is -2.21. The number of benzene rings is 1. The van der Waals surface area contributed by atoms with E-state index in [4.69, 9.17) is 5.26 Å². The summed E-state index contributed by atoms with van der Waals surface area (Å²) < 4.78 is 26.6. The molecule has 0 heterocycles. The minimum Gasteiger partial charge on any atom is -0.207 e. The quantitative estimate of drug-likeness (QED) is 0.805. The Morgan fingerprint density at radius 2 is 2.00 bits per heavy atom. The highest BCUT2D eigenvalue weighted by Gasteiger charge is 2.24. The Bertz CT molecular complexity index is 574. The SMILES string of the molecule is CCCCN(CC)S(=O)(=O)c1cc(C#N)ccc1C. The summed E-state index contributed by atoms with van der Waals surface area (Å²) in [5.74, 6) is 0. The van der Waals surface area contributed by atoms with Gasteiger partial charge in [0.2, 0.25) is 10.0 Å². The lowest BCUT2D eigenvalue weighted by atomic mass is 10.2. The molecule has 1 rings (SSSR count). The summed E-state index contributed by atoms with van der Waals surface area (Å²) >= 11 is 0. The van der Waals surface area contributed by atoms with Crippen molar-refractivity contribution >= 4 is 10.0 Å². The fourth-order valence-electron chi connectivity index (χ4n) is 1.87. The maximum Gasteiger partial charge on any atom is 0.243 e. The van der Waals surface area contributed by atoms with E-state index in [0.717, 1.165) is 12.8 Å². The molecule has 5 heteroatoms. The molecule has 0 radical (unpaired) electrons. The van der Waals surface area contributed by atoms with Crippen LogP contribution in [0, 0.1) is 18.3 Å². The molecule has 104 valence electrons. The van der Waals surface area contributed by atoms with Crippen LogP contribution in [-0.4, -0.2) is 25.8 Å². The molecule has 0 bridgehead atoms. The molecule has 0 aliphatic carbocycles. The van der Waals surface area contributed by atoms with Crippen LogP contribution in [0.4, 0.5) is 0 Å². The van der Waals surface area contributed by atoms with Gasteiger partial charge in [0.25, 0.3) is 0 Å².